The molecule has 27 heavy (non-hydrogen) atoms. The van der Waals surface area contributed by atoms with Crippen molar-refractivity contribution in [2.24, 2.45) is 0 Å². The lowest BCUT2D eigenvalue weighted by molar-refractivity contribution is 0.132. The molecule has 3 aromatic rings. The van der Waals surface area contributed by atoms with Gasteiger partial charge < -0.3 is 9.64 Å². The van der Waals surface area contributed by atoms with E-state index < -0.39 is 0 Å². The lowest BCUT2D eigenvalue weighted by Crippen LogP contribution is -2.38. The summed E-state index contributed by atoms with van der Waals surface area (Å²) in [6, 6.07) is 12.4. The van der Waals surface area contributed by atoms with Gasteiger partial charge in [-0.1, -0.05) is 39.0 Å². The Morgan fingerprint density at radius 1 is 1.15 bits per heavy atom. The molecule has 0 saturated heterocycles. The molecule has 0 bridgehead atoms. The van der Waals surface area contributed by atoms with Crippen molar-refractivity contribution >= 4 is 17.1 Å². The molecule has 1 aliphatic carbocycles. The Balaban J connectivity index is 1.72. The Hall–Kier alpha value is -2.89. The summed E-state index contributed by atoms with van der Waals surface area (Å²) in [6.45, 7) is 7.02. The average Bonchev–Trinajstić information content (AvgIpc) is 3.40. The summed E-state index contributed by atoms with van der Waals surface area (Å²) >= 11 is 0. The monoisotopic (exact) mass is 362 g/mol. The fourth-order valence-corrected chi connectivity index (χ4v) is 3.62. The van der Waals surface area contributed by atoms with Gasteiger partial charge in [-0.05, 0) is 31.0 Å². The highest BCUT2D eigenvalue weighted by Gasteiger charge is 2.38. The van der Waals surface area contributed by atoms with Crippen LogP contribution in [0.15, 0.2) is 36.4 Å². The molecule has 1 saturated carbocycles. The minimum absolute atomic E-state index is 0.129. The van der Waals surface area contributed by atoms with E-state index in [-0.39, 0.29) is 11.5 Å². The van der Waals surface area contributed by atoms with Crippen molar-refractivity contribution in [1.82, 2.24) is 19.7 Å². The highest BCUT2D eigenvalue weighted by molar-refractivity contribution is 5.84. The summed E-state index contributed by atoms with van der Waals surface area (Å²) in [5, 5.41) is 5.90. The van der Waals surface area contributed by atoms with E-state index in [1.54, 1.807) is 0 Å². The van der Waals surface area contributed by atoms with Crippen LogP contribution in [0.1, 0.15) is 44.9 Å². The van der Waals surface area contributed by atoms with Crippen molar-refractivity contribution in [3.63, 3.8) is 0 Å². The second kappa shape index (κ2) is 5.55. The van der Waals surface area contributed by atoms with E-state index in [0.717, 1.165) is 40.8 Å². The SMILES string of the molecule is CC(C)(C)c1nn(-c2ccccc2)c2nc3c(cc12)CN(C1CC1)C(=O)O3. The number of nitrogens with zero attached hydrogens (tertiary/aromatic N) is 4. The summed E-state index contributed by atoms with van der Waals surface area (Å²) in [4.78, 5) is 18.9. The molecular weight excluding hydrogens is 340 g/mol. The summed E-state index contributed by atoms with van der Waals surface area (Å²) in [7, 11) is 0. The number of carbonyl (C=O) groups is 1. The number of para-hydroxylation sites is 1. The number of rotatable bonds is 2. The van der Waals surface area contributed by atoms with Gasteiger partial charge in [-0.3, -0.25) is 0 Å². The van der Waals surface area contributed by atoms with Crippen molar-refractivity contribution < 1.29 is 9.53 Å². The predicted octanol–water partition coefficient (Wildman–Crippen LogP) is 4.19. The Labute approximate surface area is 157 Å². The maximum atomic E-state index is 12.3. The number of hydrogen-bond acceptors (Lipinski definition) is 4. The molecule has 0 atom stereocenters. The van der Waals surface area contributed by atoms with Crippen LogP contribution in [0, 0.1) is 0 Å². The first-order valence-corrected chi connectivity index (χ1v) is 9.39. The first-order chi connectivity index (χ1) is 12.9. The van der Waals surface area contributed by atoms with Gasteiger partial charge in [0, 0.05) is 22.4 Å². The standard InChI is InChI=1S/C21H22N4O2/c1-21(2,3)17-16-11-13-12-24(14-9-10-14)20(26)27-19(13)22-18(16)25(23-17)15-7-5-4-6-8-15/h4-8,11,14H,9-10,12H2,1-3H3. The highest BCUT2D eigenvalue weighted by atomic mass is 16.6. The van der Waals surface area contributed by atoms with Crippen LogP contribution in [0.5, 0.6) is 5.88 Å². The van der Waals surface area contributed by atoms with Gasteiger partial charge in [0.1, 0.15) is 0 Å². The first-order valence-electron chi connectivity index (χ1n) is 9.39. The molecule has 6 nitrogen and oxygen atoms in total. The second-order valence-electron chi connectivity index (χ2n) is 8.40. The number of ether oxygens (including phenoxy) is 1. The minimum atomic E-state index is -0.293. The van der Waals surface area contributed by atoms with Crippen molar-refractivity contribution in [2.45, 2.75) is 51.6 Å². The Bertz CT molecular complexity index is 1050. The van der Waals surface area contributed by atoms with Gasteiger partial charge in [-0.25, -0.2) is 9.48 Å². The van der Waals surface area contributed by atoms with Crippen LogP contribution in [0.3, 0.4) is 0 Å². The number of fused-ring (bicyclic) bond motifs is 2. The maximum absolute atomic E-state index is 12.3. The third kappa shape index (κ3) is 2.67. The molecule has 138 valence electrons. The normalized spacial score (nSPS) is 17.1. The van der Waals surface area contributed by atoms with Gasteiger partial charge in [-0.15, -0.1) is 0 Å². The molecule has 6 heteroatoms. The van der Waals surface area contributed by atoms with E-state index in [1.807, 2.05) is 39.9 Å². The number of pyridine rings is 1. The average molecular weight is 362 g/mol. The molecule has 2 aliphatic rings. The quantitative estimate of drug-likeness (QED) is 0.686. The van der Waals surface area contributed by atoms with Gasteiger partial charge in [0.2, 0.25) is 5.88 Å². The van der Waals surface area contributed by atoms with Gasteiger partial charge in [-0.2, -0.15) is 10.1 Å². The van der Waals surface area contributed by atoms with Gasteiger partial charge in [0.15, 0.2) is 5.65 Å². The van der Waals surface area contributed by atoms with Gasteiger partial charge in [0.25, 0.3) is 0 Å². The summed E-state index contributed by atoms with van der Waals surface area (Å²) in [5.74, 6) is 0.405. The third-order valence-electron chi connectivity index (χ3n) is 5.16. The minimum Gasteiger partial charge on any atom is -0.391 e. The number of carbonyl (C=O) groups excluding carboxylic acids is 1. The molecular formula is C21H22N4O2. The van der Waals surface area contributed by atoms with Crippen molar-refractivity contribution in [2.75, 3.05) is 0 Å². The van der Waals surface area contributed by atoms with Crippen LogP contribution in [0.25, 0.3) is 16.7 Å². The number of aromatic nitrogens is 3. The zero-order valence-electron chi connectivity index (χ0n) is 15.8. The highest BCUT2D eigenvalue weighted by Crippen LogP contribution is 2.37. The second-order valence-corrected chi connectivity index (χ2v) is 8.40. The molecule has 3 heterocycles. The topological polar surface area (TPSA) is 60.2 Å². The van der Waals surface area contributed by atoms with Crippen LogP contribution in [-0.2, 0) is 12.0 Å². The van der Waals surface area contributed by atoms with E-state index >= 15 is 0 Å². The van der Waals surface area contributed by atoms with Crippen molar-refractivity contribution in [3.8, 4) is 11.6 Å². The zero-order chi connectivity index (χ0) is 18.8. The maximum Gasteiger partial charge on any atom is 0.417 e. The van der Waals surface area contributed by atoms with E-state index in [9.17, 15) is 4.79 Å². The lowest BCUT2D eigenvalue weighted by Gasteiger charge is -2.27. The Kier molecular flexibility index (Phi) is 3.35. The largest absolute Gasteiger partial charge is 0.417 e. The molecule has 0 radical (unpaired) electrons. The molecule has 1 amide bonds. The van der Waals surface area contributed by atoms with E-state index in [2.05, 4.69) is 26.8 Å². The Morgan fingerprint density at radius 2 is 1.89 bits per heavy atom. The molecule has 2 aromatic heterocycles. The molecule has 1 aromatic carbocycles. The molecule has 5 rings (SSSR count). The van der Waals surface area contributed by atoms with Crippen molar-refractivity contribution in [1.29, 1.82) is 0 Å². The van der Waals surface area contributed by atoms with Gasteiger partial charge in [0.05, 0.1) is 17.9 Å². The fourth-order valence-electron chi connectivity index (χ4n) is 3.62. The predicted molar refractivity (Wildman–Crippen MR) is 102 cm³/mol. The van der Waals surface area contributed by atoms with Gasteiger partial charge >= 0.3 is 6.09 Å². The smallest absolute Gasteiger partial charge is 0.391 e. The molecule has 1 aliphatic heterocycles. The first kappa shape index (κ1) is 16.3. The lowest BCUT2D eigenvalue weighted by atomic mass is 9.90. The van der Waals surface area contributed by atoms with E-state index in [0.29, 0.717) is 18.5 Å². The Morgan fingerprint density at radius 3 is 2.56 bits per heavy atom. The van der Waals surface area contributed by atoms with E-state index in [1.165, 1.54) is 0 Å². The third-order valence-corrected chi connectivity index (χ3v) is 5.16. The van der Waals surface area contributed by atoms with Crippen LogP contribution in [-0.4, -0.2) is 31.8 Å². The molecule has 0 spiro atoms. The summed E-state index contributed by atoms with van der Waals surface area (Å²) < 4.78 is 7.42. The van der Waals surface area contributed by atoms with E-state index in [4.69, 9.17) is 14.8 Å². The number of hydrogen-bond donors (Lipinski definition) is 0. The number of amides is 1. The number of benzene rings is 1. The molecule has 0 unspecified atom stereocenters. The van der Waals surface area contributed by atoms with Crippen LogP contribution in [0.2, 0.25) is 0 Å². The fraction of sp³-hybridized carbons (Fsp3) is 0.381. The van der Waals surface area contributed by atoms with Crippen LogP contribution < -0.4 is 4.74 Å². The van der Waals surface area contributed by atoms with Crippen molar-refractivity contribution in [3.05, 3.63) is 47.7 Å². The summed E-state index contributed by atoms with van der Waals surface area (Å²) in [5.41, 5.74) is 3.47. The molecule has 1 fully saturated rings. The van der Waals surface area contributed by atoms with Crippen LogP contribution in [0.4, 0.5) is 4.79 Å². The summed E-state index contributed by atoms with van der Waals surface area (Å²) in [6.07, 6.45) is 1.82. The zero-order valence-corrected chi connectivity index (χ0v) is 15.8. The van der Waals surface area contributed by atoms with Crippen LogP contribution >= 0.6 is 0 Å². The molecule has 0 N–H and O–H groups in total.